The van der Waals surface area contributed by atoms with Crippen LogP contribution in [0.25, 0.3) is 11.7 Å². The van der Waals surface area contributed by atoms with Crippen LogP contribution in [-0.4, -0.2) is 11.3 Å². The van der Waals surface area contributed by atoms with Crippen LogP contribution >= 0.6 is 11.6 Å². The molecule has 0 saturated carbocycles. The Balaban J connectivity index is 2.40. The van der Waals surface area contributed by atoms with Crippen LogP contribution < -0.4 is 0 Å². The monoisotopic (exact) mass is 197 g/mol. The molecule has 2 aromatic rings. The Morgan fingerprint density at radius 2 is 2.31 bits per heavy atom. The molecular formula is C8H4ClNO3. The summed E-state index contributed by atoms with van der Waals surface area (Å²) in [5.74, 6) is 0.645. The van der Waals surface area contributed by atoms with Gasteiger partial charge in [0.05, 0.1) is 0 Å². The molecule has 0 spiro atoms. The van der Waals surface area contributed by atoms with E-state index in [-0.39, 0.29) is 16.8 Å². The van der Waals surface area contributed by atoms with Gasteiger partial charge in [0.25, 0.3) is 5.89 Å². The van der Waals surface area contributed by atoms with Crippen molar-refractivity contribution in [3.63, 3.8) is 0 Å². The molecule has 0 aliphatic carbocycles. The lowest BCUT2D eigenvalue weighted by atomic mass is 10.4. The van der Waals surface area contributed by atoms with Crippen molar-refractivity contribution in [2.24, 2.45) is 0 Å². The highest BCUT2D eigenvalue weighted by molar-refractivity contribution is 6.28. The third-order valence-corrected chi connectivity index (χ3v) is 1.63. The van der Waals surface area contributed by atoms with Gasteiger partial charge in [0.15, 0.2) is 17.3 Å². The second kappa shape index (κ2) is 3.06. The van der Waals surface area contributed by atoms with Crippen molar-refractivity contribution in [3.8, 4) is 11.7 Å². The van der Waals surface area contributed by atoms with Crippen molar-refractivity contribution in [3.05, 3.63) is 29.3 Å². The number of rotatable bonds is 2. The third kappa shape index (κ3) is 1.48. The van der Waals surface area contributed by atoms with E-state index in [9.17, 15) is 4.79 Å². The molecular weight excluding hydrogens is 194 g/mol. The number of hydrogen-bond donors (Lipinski definition) is 0. The smallest absolute Gasteiger partial charge is 0.263 e. The summed E-state index contributed by atoms with van der Waals surface area (Å²) < 4.78 is 9.98. The molecule has 0 N–H and O–H groups in total. The van der Waals surface area contributed by atoms with Crippen LogP contribution in [0.5, 0.6) is 0 Å². The van der Waals surface area contributed by atoms with E-state index in [2.05, 4.69) is 4.98 Å². The second-order valence-electron chi connectivity index (χ2n) is 2.30. The van der Waals surface area contributed by atoms with Gasteiger partial charge in [-0.2, -0.15) is 0 Å². The maximum atomic E-state index is 10.3. The van der Waals surface area contributed by atoms with Gasteiger partial charge in [0.1, 0.15) is 12.0 Å². The van der Waals surface area contributed by atoms with Gasteiger partial charge in [-0.15, -0.1) is 0 Å². The molecule has 0 fully saturated rings. The molecule has 0 atom stereocenters. The average Bonchev–Trinajstić information content (AvgIpc) is 2.71. The predicted octanol–water partition coefficient (Wildman–Crippen LogP) is 2.40. The van der Waals surface area contributed by atoms with Gasteiger partial charge in [-0.05, 0) is 23.7 Å². The van der Waals surface area contributed by atoms with Gasteiger partial charge in [0.2, 0.25) is 0 Å². The minimum absolute atomic E-state index is 0.225. The summed E-state index contributed by atoms with van der Waals surface area (Å²) in [7, 11) is 0. The molecule has 2 heterocycles. The molecule has 0 unspecified atom stereocenters. The summed E-state index contributed by atoms with van der Waals surface area (Å²) in [6.07, 6.45) is 1.84. The largest absolute Gasteiger partial charge is 0.441 e. The minimum Gasteiger partial charge on any atom is -0.441 e. The Labute approximate surface area is 78.1 Å². The van der Waals surface area contributed by atoms with Gasteiger partial charge in [-0.1, -0.05) is 0 Å². The summed E-state index contributed by atoms with van der Waals surface area (Å²) in [4.78, 5) is 14.1. The summed E-state index contributed by atoms with van der Waals surface area (Å²) in [5, 5.41) is 0.251. The molecule has 0 aromatic carbocycles. The van der Waals surface area contributed by atoms with Crippen LogP contribution in [0.1, 0.15) is 10.5 Å². The topological polar surface area (TPSA) is 56.2 Å². The van der Waals surface area contributed by atoms with Crippen molar-refractivity contribution in [1.29, 1.82) is 0 Å². The number of furan rings is 1. The fourth-order valence-electron chi connectivity index (χ4n) is 0.883. The Hall–Kier alpha value is -1.55. The normalized spacial score (nSPS) is 10.2. The minimum atomic E-state index is 0.225. The third-order valence-electron chi connectivity index (χ3n) is 1.43. The highest BCUT2D eigenvalue weighted by Crippen LogP contribution is 2.23. The molecule has 4 nitrogen and oxygen atoms in total. The molecule has 66 valence electrons. The first-order chi connectivity index (χ1) is 6.29. The summed E-state index contributed by atoms with van der Waals surface area (Å²) >= 11 is 5.55. The number of nitrogens with zero attached hydrogens (tertiary/aromatic N) is 1. The molecule has 0 saturated heterocycles. The first-order valence-corrected chi connectivity index (χ1v) is 3.84. The van der Waals surface area contributed by atoms with Crippen molar-refractivity contribution >= 4 is 17.9 Å². The highest BCUT2D eigenvalue weighted by Gasteiger charge is 2.09. The Morgan fingerprint density at radius 3 is 2.85 bits per heavy atom. The fraction of sp³-hybridized carbons (Fsp3) is 0. The zero-order chi connectivity index (χ0) is 9.26. The lowest BCUT2D eigenvalue weighted by Gasteiger charge is -1.84. The van der Waals surface area contributed by atoms with E-state index in [1.165, 1.54) is 6.26 Å². The first kappa shape index (κ1) is 8.07. The number of oxazole rings is 1. The van der Waals surface area contributed by atoms with E-state index in [1.54, 1.807) is 12.1 Å². The Bertz CT molecular complexity index is 432. The maximum absolute atomic E-state index is 10.3. The van der Waals surface area contributed by atoms with Crippen LogP contribution in [0, 0.1) is 0 Å². The van der Waals surface area contributed by atoms with Crippen LogP contribution in [0.3, 0.4) is 0 Å². The molecule has 0 radical (unpaired) electrons. The summed E-state index contributed by atoms with van der Waals surface area (Å²) in [6.45, 7) is 0. The zero-order valence-corrected chi connectivity index (χ0v) is 7.12. The van der Waals surface area contributed by atoms with E-state index in [1.807, 2.05) is 0 Å². The van der Waals surface area contributed by atoms with E-state index >= 15 is 0 Å². The molecule has 5 heteroatoms. The van der Waals surface area contributed by atoms with Gasteiger partial charge >= 0.3 is 0 Å². The lowest BCUT2D eigenvalue weighted by Crippen LogP contribution is -1.77. The van der Waals surface area contributed by atoms with E-state index in [4.69, 9.17) is 20.4 Å². The van der Waals surface area contributed by atoms with Crippen LogP contribution in [0.4, 0.5) is 0 Å². The number of hydrogen-bond acceptors (Lipinski definition) is 4. The number of aromatic nitrogens is 1. The van der Waals surface area contributed by atoms with Crippen molar-refractivity contribution in [1.82, 2.24) is 4.98 Å². The van der Waals surface area contributed by atoms with Crippen LogP contribution in [0.15, 0.2) is 27.2 Å². The van der Waals surface area contributed by atoms with E-state index in [0.717, 1.165) is 0 Å². The SMILES string of the molecule is O=Cc1coc(-c2ccc(Cl)o2)n1. The number of halogens is 1. The van der Waals surface area contributed by atoms with Crippen LogP contribution in [0.2, 0.25) is 5.22 Å². The van der Waals surface area contributed by atoms with Gasteiger partial charge < -0.3 is 8.83 Å². The first-order valence-electron chi connectivity index (χ1n) is 3.46. The Kier molecular flexibility index (Phi) is 1.90. The molecule has 13 heavy (non-hydrogen) atoms. The van der Waals surface area contributed by atoms with Crippen molar-refractivity contribution in [2.75, 3.05) is 0 Å². The predicted molar refractivity (Wildman–Crippen MR) is 44.6 cm³/mol. The molecule has 2 aromatic heterocycles. The number of carbonyl (C=O) groups excluding carboxylic acids is 1. The standard InChI is InChI=1S/C8H4ClNO3/c9-7-2-1-6(13-7)8-10-5(3-11)4-12-8/h1-4H. The molecule has 0 aliphatic rings. The van der Waals surface area contributed by atoms with Crippen molar-refractivity contribution < 1.29 is 13.6 Å². The quantitative estimate of drug-likeness (QED) is 0.694. The zero-order valence-electron chi connectivity index (χ0n) is 6.36. The van der Waals surface area contributed by atoms with Crippen LogP contribution in [-0.2, 0) is 0 Å². The molecule has 0 amide bonds. The maximum Gasteiger partial charge on any atom is 0.263 e. The summed E-state index contributed by atoms with van der Waals surface area (Å²) in [6, 6.07) is 3.18. The number of aldehydes is 1. The van der Waals surface area contributed by atoms with E-state index < -0.39 is 0 Å². The molecule has 0 aliphatic heterocycles. The number of carbonyl (C=O) groups is 1. The van der Waals surface area contributed by atoms with Gasteiger partial charge in [-0.25, -0.2) is 4.98 Å². The van der Waals surface area contributed by atoms with Gasteiger partial charge in [-0.3, -0.25) is 4.79 Å². The second-order valence-corrected chi connectivity index (χ2v) is 2.67. The van der Waals surface area contributed by atoms with E-state index in [0.29, 0.717) is 12.0 Å². The average molecular weight is 198 g/mol. The molecule has 2 rings (SSSR count). The summed E-state index contributed by atoms with van der Waals surface area (Å²) in [5.41, 5.74) is 0.225. The Morgan fingerprint density at radius 1 is 1.46 bits per heavy atom. The highest BCUT2D eigenvalue weighted by atomic mass is 35.5. The van der Waals surface area contributed by atoms with Gasteiger partial charge in [0, 0.05) is 0 Å². The van der Waals surface area contributed by atoms with Crippen molar-refractivity contribution in [2.45, 2.75) is 0 Å². The fourth-order valence-corrected chi connectivity index (χ4v) is 1.03. The molecule has 0 bridgehead atoms. The lowest BCUT2D eigenvalue weighted by molar-refractivity contribution is 0.111.